The van der Waals surface area contributed by atoms with Gasteiger partial charge in [0.2, 0.25) is 0 Å². The van der Waals surface area contributed by atoms with Gasteiger partial charge in [-0.2, -0.15) is 0 Å². The van der Waals surface area contributed by atoms with Crippen LogP contribution >= 0.6 is 0 Å². The van der Waals surface area contributed by atoms with Crippen molar-refractivity contribution in [3.05, 3.63) is 23.9 Å². The number of rotatable bonds is 3. The highest BCUT2D eigenvalue weighted by Gasteiger charge is 2.27. The molecule has 0 saturated carbocycles. The van der Waals surface area contributed by atoms with Gasteiger partial charge in [-0.1, -0.05) is 6.92 Å². The molecule has 0 spiro atoms. The lowest BCUT2D eigenvalue weighted by atomic mass is 10.1. The average molecular weight is 233 g/mol. The van der Waals surface area contributed by atoms with Gasteiger partial charge in [-0.3, -0.25) is 0 Å². The normalized spacial score (nSPS) is 26.2. The van der Waals surface area contributed by atoms with Gasteiger partial charge in [-0.25, -0.2) is 4.98 Å². The third kappa shape index (κ3) is 2.60. The molecule has 1 N–H and O–H groups in total. The van der Waals surface area contributed by atoms with E-state index in [4.69, 9.17) is 0 Å². The van der Waals surface area contributed by atoms with Crippen molar-refractivity contribution >= 4 is 5.82 Å². The van der Waals surface area contributed by atoms with E-state index in [2.05, 4.69) is 48.1 Å². The summed E-state index contributed by atoms with van der Waals surface area (Å²) in [5.74, 6) is 1.90. The van der Waals surface area contributed by atoms with Gasteiger partial charge in [0, 0.05) is 24.8 Å². The van der Waals surface area contributed by atoms with Crippen molar-refractivity contribution < 1.29 is 0 Å². The summed E-state index contributed by atoms with van der Waals surface area (Å²) in [6.07, 6.45) is 3.20. The Morgan fingerprint density at radius 3 is 2.82 bits per heavy atom. The molecule has 3 atom stereocenters. The molecule has 0 radical (unpaired) electrons. The van der Waals surface area contributed by atoms with E-state index in [1.54, 1.807) is 0 Å². The summed E-state index contributed by atoms with van der Waals surface area (Å²) in [6, 6.07) is 5.30. The fraction of sp³-hybridized carbons (Fsp3) is 0.643. The quantitative estimate of drug-likeness (QED) is 0.870. The molecule has 1 fully saturated rings. The zero-order valence-corrected chi connectivity index (χ0v) is 11.3. The van der Waals surface area contributed by atoms with E-state index in [1.807, 2.05) is 13.2 Å². The van der Waals surface area contributed by atoms with Crippen molar-refractivity contribution in [2.75, 3.05) is 18.5 Å². The predicted molar refractivity (Wildman–Crippen MR) is 72.3 cm³/mol. The maximum atomic E-state index is 4.52. The molecule has 1 aromatic heterocycles. The van der Waals surface area contributed by atoms with Crippen molar-refractivity contribution in [2.24, 2.45) is 5.92 Å². The summed E-state index contributed by atoms with van der Waals surface area (Å²) < 4.78 is 0. The minimum atomic E-state index is 0.382. The van der Waals surface area contributed by atoms with Crippen molar-refractivity contribution in [3.8, 4) is 0 Å². The number of hydrogen-bond donors (Lipinski definition) is 1. The van der Waals surface area contributed by atoms with Crippen LogP contribution in [0, 0.1) is 5.92 Å². The molecule has 3 unspecified atom stereocenters. The molecule has 3 nitrogen and oxygen atoms in total. The fourth-order valence-corrected chi connectivity index (χ4v) is 2.65. The number of hydrogen-bond acceptors (Lipinski definition) is 3. The number of nitrogens with zero attached hydrogens (tertiary/aromatic N) is 2. The minimum absolute atomic E-state index is 0.382. The molecule has 3 heteroatoms. The van der Waals surface area contributed by atoms with Gasteiger partial charge in [0.1, 0.15) is 5.82 Å². The molecule has 94 valence electrons. The van der Waals surface area contributed by atoms with E-state index in [0.717, 1.165) is 18.3 Å². The van der Waals surface area contributed by atoms with E-state index in [1.165, 1.54) is 12.0 Å². The van der Waals surface area contributed by atoms with E-state index >= 15 is 0 Å². The molecule has 1 saturated heterocycles. The first-order valence-corrected chi connectivity index (χ1v) is 6.51. The van der Waals surface area contributed by atoms with Crippen LogP contribution in [0.15, 0.2) is 18.3 Å². The second kappa shape index (κ2) is 5.05. The van der Waals surface area contributed by atoms with Gasteiger partial charge in [-0.05, 0) is 50.9 Å². The van der Waals surface area contributed by atoms with Crippen LogP contribution in [0.4, 0.5) is 5.82 Å². The third-order valence-corrected chi connectivity index (χ3v) is 3.78. The van der Waals surface area contributed by atoms with E-state index in [0.29, 0.717) is 12.1 Å². The third-order valence-electron chi connectivity index (χ3n) is 3.78. The Labute approximate surface area is 104 Å². The summed E-state index contributed by atoms with van der Waals surface area (Å²) in [6.45, 7) is 7.91. The molecule has 17 heavy (non-hydrogen) atoms. The SMILES string of the molecule is CNC(C)c1ccnc(N2CC(C)CC2C)c1. The van der Waals surface area contributed by atoms with Gasteiger partial charge in [0.05, 0.1) is 0 Å². The zero-order chi connectivity index (χ0) is 12.4. The van der Waals surface area contributed by atoms with Gasteiger partial charge in [0.25, 0.3) is 0 Å². The topological polar surface area (TPSA) is 28.2 Å². The maximum Gasteiger partial charge on any atom is 0.129 e. The highest BCUT2D eigenvalue weighted by molar-refractivity contribution is 5.44. The number of anilines is 1. The monoisotopic (exact) mass is 233 g/mol. The fourth-order valence-electron chi connectivity index (χ4n) is 2.65. The molecule has 0 amide bonds. The molecule has 1 aliphatic rings. The number of pyridine rings is 1. The number of aromatic nitrogens is 1. The Kier molecular flexibility index (Phi) is 3.67. The maximum absolute atomic E-state index is 4.52. The van der Waals surface area contributed by atoms with Gasteiger partial charge < -0.3 is 10.2 Å². The zero-order valence-electron chi connectivity index (χ0n) is 11.3. The van der Waals surface area contributed by atoms with Crippen molar-refractivity contribution in [3.63, 3.8) is 0 Å². The molecule has 2 heterocycles. The van der Waals surface area contributed by atoms with Crippen molar-refractivity contribution in [2.45, 2.75) is 39.3 Å². The second-order valence-electron chi connectivity index (χ2n) is 5.30. The first-order chi connectivity index (χ1) is 8.11. The standard InChI is InChI=1S/C14H23N3/c1-10-7-11(2)17(9-10)14-8-13(5-6-16-14)12(3)15-4/h5-6,8,10-12,15H,7,9H2,1-4H3. The van der Waals surface area contributed by atoms with Crippen molar-refractivity contribution in [1.29, 1.82) is 0 Å². The van der Waals surface area contributed by atoms with Crippen molar-refractivity contribution in [1.82, 2.24) is 10.3 Å². The molecule has 1 aliphatic heterocycles. The Morgan fingerprint density at radius 2 is 2.24 bits per heavy atom. The van der Waals surface area contributed by atoms with Crippen LogP contribution in [0.5, 0.6) is 0 Å². The van der Waals surface area contributed by atoms with Crippen LogP contribution in [0.1, 0.15) is 38.8 Å². The summed E-state index contributed by atoms with van der Waals surface area (Å²) >= 11 is 0. The smallest absolute Gasteiger partial charge is 0.129 e. The lowest BCUT2D eigenvalue weighted by molar-refractivity contribution is 0.625. The van der Waals surface area contributed by atoms with Crippen LogP contribution in [0.2, 0.25) is 0 Å². The Bertz CT molecular complexity index is 377. The molecule has 2 rings (SSSR count). The van der Waals surface area contributed by atoms with Gasteiger partial charge in [0.15, 0.2) is 0 Å². The minimum Gasteiger partial charge on any atom is -0.354 e. The van der Waals surface area contributed by atoms with Crippen LogP contribution in [0.25, 0.3) is 0 Å². The molecular weight excluding hydrogens is 210 g/mol. The van der Waals surface area contributed by atoms with Crippen LogP contribution in [0.3, 0.4) is 0 Å². The molecule has 0 aliphatic carbocycles. The Balaban J connectivity index is 2.21. The first kappa shape index (κ1) is 12.4. The second-order valence-corrected chi connectivity index (χ2v) is 5.30. The van der Waals surface area contributed by atoms with Gasteiger partial charge in [-0.15, -0.1) is 0 Å². The van der Waals surface area contributed by atoms with Crippen LogP contribution in [-0.4, -0.2) is 24.6 Å². The Morgan fingerprint density at radius 1 is 1.47 bits per heavy atom. The highest BCUT2D eigenvalue weighted by Crippen LogP contribution is 2.28. The largest absolute Gasteiger partial charge is 0.354 e. The Hall–Kier alpha value is -1.09. The molecule has 0 aromatic carbocycles. The summed E-state index contributed by atoms with van der Waals surface area (Å²) in [5, 5.41) is 3.27. The summed E-state index contributed by atoms with van der Waals surface area (Å²) in [5.41, 5.74) is 1.31. The highest BCUT2D eigenvalue weighted by atomic mass is 15.2. The van der Waals surface area contributed by atoms with Crippen LogP contribution in [-0.2, 0) is 0 Å². The molecule has 0 bridgehead atoms. The van der Waals surface area contributed by atoms with E-state index in [-0.39, 0.29) is 0 Å². The average Bonchev–Trinajstić information content (AvgIpc) is 2.67. The summed E-state index contributed by atoms with van der Waals surface area (Å²) in [7, 11) is 1.99. The number of nitrogens with one attached hydrogen (secondary N) is 1. The van der Waals surface area contributed by atoms with Crippen LogP contribution < -0.4 is 10.2 Å². The van der Waals surface area contributed by atoms with E-state index in [9.17, 15) is 0 Å². The lowest BCUT2D eigenvalue weighted by Crippen LogP contribution is -2.27. The van der Waals surface area contributed by atoms with E-state index < -0.39 is 0 Å². The van der Waals surface area contributed by atoms with Gasteiger partial charge >= 0.3 is 0 Å². The predicted octanol–water partition coefficient (Wildman–Crippen LogP) is 2.60. The lowest BCUT2D eigenvalue weighted by Gasteiger charge is -2.23. The summed E-state index contributed by atoms with van der Waals surface area (Å²) in [4.78, 5) is 6.95. The molecular formula is C14H23N3. The molecule has 1 aromatic rings. The first-order valence-electron chi connectivity index (χ1n) is 6.51.